The highest BCUT2D eigenvalue weighted by Crippen LogP contribution is 2.16. The lowest BCUT2D eigenvalue weighted by Crippen LogP contribution is -2.47. The number of ether oxygens (including phenoxy) is 2. The Kier molecular flexibility index (Phi) is 6.94. The Morgan fingerprint density at radius 3 is 2.07 bits per heavy atom. The molecule has 1 rings (SSSR count). The van der Waals surface area contributed by atoms with Crippen molar-refractivity contribution in [3.63, 3.8) is 0 Å². The highest BCUT2D eigenvalue weighted by Gasteiger charge is 2.29. The normalized spacial score (nSPS) is 12.9. The molecule has 0 aliphatic heterocycles. The summed E-state index contributed by atoms with van der Waals surface area (Å²) in [5.74, 6) is -2.82. The summed E-state index contributed by atoms with van der Waals surface area (Å²) in [5, 5.41) is 11.3. The Labute approximate surface area is 157 Å². The van der Waals surface area contributed by atoms with Crippen LogP contribution < -0.4 is 5.32 Å². The van der Waals surface area contributed by atoms with Gasteiger partial charge in [-0.05, 0) is 59.2 Å². The molecule has 0 saturated carbocycles. The lowest BCUT2D eigenvalue weighted by Gasteiger charge is -2.26. The number of halogens is 1. The molecule has 0 heterocycles. The summed E-state index contributed by atoms with van der Waals surface area (Å²) < 4.78 is 24.6. The molecule has 8 heteroatoms. The van der Waals surface area contributed by atoms with E-state index < -0.39 is 41.1 Å². The molecule has 0 aliphatic rings. The van der Waals surface area contributed by atoms with Gasteiger partial charge in [0.25, 0.3) is 0 Å². The van der Waals surface area contributed by atoms with Gasteiger partial charge in [0.05, 0.1) is 5.56 Å². The van der Waals surface area contributed by atoms with Gasteiger partial charge in [0.1, 0.15) is 23.1 Å². The van der Waals surface area contributed by atoms with Crippen LogP contribution in [0.15, 0.2) is 18.2 Å². The first-order chi connectivity index (χ1) is 12.2. The van der Waals surface area contributed by atoms with E-state index in [1.165, 1.54) is 12.1 Å². The summed E-state index contributed by atoms with van der Waals surface area (Å²) in [6.45, 7) is 9.99. The lowest BCUT2D eigenvalue weighted by atomic mass is 10.0. The van der Waals surface area contributed by atoms with Crippen LogP contribution in [0, 0.1) is 5.82 Å². The largest absolute Gasteiger partial charge is 0.478 e. The number of benzene rings is 1. The van der Waals surface area contributed by atoms with E-state index in [0.29, 0.717) is 0 Å². The van der Waals surface area contributed by atoms with Crippen LogP contribution in [0.2, 0.25) is 0 Å². The van der Waals surface area contributed by atoms with E-state index in [1.807, 2.05) is 0 Å². The van der Waals surface area contributed by atoms with Gasteiger partial charge in [-0.2, -0.15) is 0 Å². The quantitative estimate of drug-likeness (QED) is 0.757. The van der Waals surface area contributed by atoms with Gasteiger partial charge in [-0.3, -0.25) is 0 Å². The summed E-state index contributed by atoms with van der Waals surface area (Å²) >= 11 is 0. The number of carboxylic acid groups (broad SMARTS) is 1. The van der Waals surface area contributed by atoms with Crippen molar-refractivity contribution < 1.29 is 33.4 Å². The van der Waals surface area contributed by atoms with Crippen molar-refractivity contribution in [1.82, 2.24) is 5.32 Å². The number of esters is 1. The van der Waals surface area contributed by atoms with Crippen LogP contribution in [0.4, 0.5) is 9.18 Å². The zero-order valence-corrected chi connectivity index (χ0v) is 16.4. The summed E-state index contributed by atoms with van der Waals surface area (Å²) in [6, 6.07) is 2.13. The Hall–Kier alpha value is -2.64. The molecular weight excluding hydrogens is 357 g/mol. The number of rotatable bonds is 5. The van der Waals surface area contributed by atoms with Crippen LogP contribution in [0.5, 0.6) is 0 Å². The van der Waals surface area contributed by atoms with Crippen LogP contribution >= 0.6 is 0 Å². The van der Waals surface area contributed by atoms with Gasteiger partial charge in [-0.1, -0.05) is 6.07 Å². The van der Waals surface area contributed by atoms with Gasteiger partial charge in [0.2, 0.25) is 0 Å². The predicted molar refractivity (Wildman–Crippen MR) is 96.1 cm³/mol. The zero-order valence-electron chi connectivity index (χ0n) is 16.4. The van der Waals surface area contributed by atoms with E-state index in [0.717, 1.165) is 6.07 Å². The molecule has 7 nitrogen and oxygen atoms in total. The lowest BCUT2D eigenvalue weighted by molar-refractivity contribution is -0.157. The standard InChI is InChI=1S/C19H26FNO6/c1-18(2,3)26-16(24)14(21-17(25)27-19(4,5)6)10-11-7-8-12(15(22)23)9-13(11)20/h7-9,14H,10H2,1-6H3,(H,21,25)(H,22,23)/t14-/m0/s1. The monoisotopic (exact) mass is 383 g/mol. The number of hydrogen-bond acceptors (Lipinski definition) is 5. The van der Waals surface area contributed by atoms with Gasteiger partial charge < -0.3 is 19.9 Å². The summed E-state index contributed by atoms with van der Waals surface area (Å²) in [6.07, 6.45) is -1.07. The topological polar surface area (TPSA) is 102 Å². The fourth-order valence-electron chi connectivity index (χ4n) is 2.08. The molecule has 27 heavy (non-hydrogen) atoms. The Balaban J connectivity index is 3.05. The van der Waals surface area contributed by atoms with Crippen molar-refractivity contribution >= 4 is 18.0 Å². The van der Waals surface area contributed by atoms with Crippen molar-refractivity contribution in [3.05, 3.63) is 35.1 Å². The van der Waals surface area contributed by atoms with Gasteiger partial charge in [-0.15, -0.1) is 0 Å². The maximum Gasteiger partial charge on any atom is 0.408 e. The molecule has 0 saturated heterocycles. The molecule has 0 spiro atoms. The van der Waals surface area contributed by atoms with Gasteiger partial charge >= 0.3 is 18.0 Å². The van der Waals surface area contributed by atoms with Crippen LogP contribution in [-0.2, 0) is 20.7 Å². The molecule has 0 bridgehead atoms. The van der Waals surface area contributed by atoms with Gasteiger partial charge in [0, 0.05) is 6.42 Å². The first-order valence-electron chi connectivity index (χ1n) is 8.42. The second kappa shape index (κ2) is 8.37. The molecule has 1 aromatic carbocycles. The highest BCUT2D eigenvalue weighted by atomic mass is 19.1. The smallest absolute Gasteiger partial charge is 0.408 e. The van der Waals surface area contributed by atoms with E-state index in [2.05, 4.69) is 5.32 Å². The van der Waals surface area contributed by atoms with E-state index in [4.69, 9.17) is 14.6 Å². The summed E-state index contributed by atoms with van der Waals surface area (Å²) in [5.41, 5.74) is -1.75. The van der Waals surface area contributed by atoms with Crippen LogP contribution in [0.3, 0.4) is 0 Å². The molecule has 1 aromatic rings. The third-order valence-electron chi connectivity index (χ3n) is 3.11. The molecule has 0 unspecified atom stereocenters. The van der Waals surface area contributed by atoms with Gasteiger partial charge in [-0.25, -0.2) is 18.8 Å². The first kappa shape index (κ1) is 22.4. The molecule has 0 fully saturated rings. The van der Waals surface area contributed by atoms with Gasteiger partial charge in [0.15, 0.2) is 0 Å². The number of aromatic carboxylic acids is 1. The zero-order chi connectivity index (χ0) is 21.0. The number of amides is 1. The maximum absolute atomic E-state index is 14.2. The van der Waals surface area contributed by atoms with Crippen molar-refractivity contribution in [1.29, 1.82) is 0 Å². The number of carboxylic acids is 1. The first-order valence-corrected chi connectivity index (χ1v) is 8.42. The van der Waals surface area contributed by atoms with Crippen LogP contribution in [0.1, 0.15) is 57.5 Å². The predicted octanol–water partition coefficient (Wildman–Crippen LogP) is 3.30. The third-order valence-corrected chi connectivity index (χ3v) is 3.11. The van der Waals surface area contributed by atoms with E-state index in [9.17, 15) is 18.8 Å². The SMILES string of the molecule is CC(C)(C)OC(=O)N[C@@H](Cc1ccc(C(=O)O)cc1F)C(=O)OC(C)(C)C. The fourth-order valence-corrected chi connectivity index (χ4v) is 2.08. The number of nitrogens with one attached hydrogen (secondary N) is 1. The molecule has 150 valence electrons. The third kappa shape index (κ3) is 8.06. The molecule has 1 amide bonds. The average Bonchev–Trinajstić information content (AvgIpc) is 2.44. The van der Waals surface area contributed by atoms with Crippen molar-refractivity contribution in [2.24, 2.45) is 0 Å². The second-order valence-electron chi connectivity index (χ2n) is 8.05. The number of hydrogen-bond donors (Lipinski definition) is 2. The second-order valence-corrected chi connectivity index (χ2v) is 8.05. The highest BCUT2D eigenvalue weighted by molar-refractivity contribution is 5.87. The number of carbonyl (C=O) groups is 3. The van der Waals surface area contributed by atoms with Crippen molar-refractivity contribution in [3.8, 4) is 0 Å². The van der Waals surface area contributed by atoms with Crippen molar-refractivity contribution in [2.75, 3.05) is 0 Å². The van der Waals surface area contributed by atoms with E-state index in [1.54, 1.807) is 41.5 Å². The summed E-state index contributed by atoms with van der Waals surface area (Å²) in [4.78, 5) is 35.4. The molecule has 0 radical (unpaired) electrons. The number of carbonyl (C=O) groups excluding carboxylic acids is 2. The van der Waals surface area contributed by atoms with Crippen LogP contribution in [-0.4, -0.2) is 40.4 Å². The van der Waals surface area contributed by atoms with E-state index in [-0.39, 0.29) is 17.5 Å². The minimum atomic E-state index is -1.27. The van der Waals surface area contributed by atoms with Crippen LogP contribution in [0.25, 0.3) is 0 Å². The molecule has 0 aliphatic carbocycles. The minimum Gasteiger partial charge on any atom is -0.478 e. The molecular formula is C19H26FNO6. The Morgan fingerprint density at radius 1 is 1.07 bits per heavy atom. The Bertz CT molecular complexity index is 718. The molecule has 0 aromatic heterocycles. The average molecular weight is 383 g/mol. The molecule has 2 N–H and O–H groups in total. The maximum atomic E-state index is 14.2. The fraction of sp³-hybridized carbons (Fsp3) is 0.526. The number of alkyl carbamates (subject to hydrolysis) is 1. The molecule has 1 atom stereocenters. The Morgan fingerprint density at radius 2 is 1.63 bits per heavy atom. The van der Waals surface area contributed by atoms with Crippen molar-refractivity contribution in [2.45, 2.75) is 65.2 Å². The minimum absolute atomic E-state index is 0.0620. The summed E-state index contributed by atoms with van der Waals surface area (Å²) in [7, 11) is 0. The van der Waals surface area contributed by atoms with E-state index >= 15 is 0 Å².